The summed E-state index contributed by atoms with van der Waals surface area (Å²) in [5.41, 5.74) is 9.27. The van der Waals surface area contributed by atoms with E-state index in [1.807, 2.05) is 0 Å². The van der Waals surface area contributed by atoms with E-state index in [1.54, 1.807) is 7.11 Å². The fraction of sp³-hybridized carbons (Fsp3) is 0.538. The van der Waals surface area contributed by atoms with Crippen molar-refractivity contribution >= 4 is 5.69 Å². The Hall–Kier alpha value is -1.22. The van der Waals surface area contributed by atoms with Crippen LogP contribution in [-0.4, -0.2) is 26.7 Å². The van der Waals surface area contributed by atoms with E-state index in [0.29, 0.717) is 12.6 Å². The highest BCUT2D eigenvalue weighted by molar-refractivity contribution is 5.65. The molecule has 0 aliphatic heterocycles. The average molecular weight is 222 g/mol. The van der Waals surface area contributed by atoms with Gasteiger partial charge in [-0.05, 0) is 38.0 Å². The van der Waals surface area contributed by atoms with E-state index in [-0.39, 0.29) is 0 Å². The van der Waals surface area contributed by atoms with Crippen LogP contribution in [0.2, 0.25) is 0 Å². The van der Waals surface area contributed by atoms with E-state index in [0.717, 1.165) is 11.4 Å². The summed E-state index contributed by atoms with van der Waals surface area (Å²) >= 11 is 0. The van der Waals surface area contributed by atoms with Gasteiger partial charge in [-0.1, -0.05) is 6.07 Å². The number of nitrogens with zero attached hydrogens (tertiary/aromatic N) is 1. The van der Waals surface area contributed by atoms with Crippen molar-refractivity contribution in [1.29, 1.82) is 0 Å². The highest BCUT2D eigenvalue weighted by atomic mass is 16.5. The fourth-order valence-electron chi connectivity index (χ4n) is 1.91. The summed E-state index contributed by atoms with van der Waals surface area (Å²) < 4.78 is 5.44. The van der Waals surface area contributed by atoms with Crippen LogP contribution in [0.1, 0.15) is 18.1 Å². The molecule has 0 fully saturated rings. The SMILES string of the molecule is COc1cc(C)cc(C)c1N(C)C(C)CN. The molecule has 3 nitrogen and oxygen atoms in total. The summed E-state index contributed by atoms with van der Waals surface area (Å²) in [6, 6.07) is 4.52. The largest absolute Gasteiger partial charge is 0.495 e. The minimum atomic E-state index is 0.301. The third-order valence-electron chi connectivity index (χ3n) is 2.98. The topological polar surface area (TPSA) is 38.5 Å². The molecule has 1 aromatic carbocycles. The van der Waals surface area contributed by atoms with Gasteiger partial charge in [0.2, 0.25) is 0 Å². The fourth-order valence-corrected chi connectivity index (χ4v) is 1.91. The first-order valence-corrected chi connectivity index (χ1v) is 5.59. The number of methoxy groups -OCH3 is 1. The number of ether oxygens (including phenoxy) is 1. The van der Waals surface area contributed by atoms with Crippen LogP contribution in [0, 0.1) is 13.8 Å². The summed E-state index contributed by atoms with van der Waals surface area (Å²) in [6.45, 7) is 6.92. The molecular formula is C13H22N2O. The molecule has 0 saturated heterocycles. The first-order chi connectivity index (χ1) is 7.51. The summed E-state index contributed by atoms with van der Waals surface area (Å²) in [4.78, 5) is 2.17. The maximum atomic E-state index is 5.70. The van der Waals surface area contributed by atoms with Crippen LogP contribution in [0.3, 0.4) is 0 Å². The van der Waals surface area contributed by atoms with Crippen molar-refractivity contribution in [2.24, 2.45) is 5.73 Å². The zero-order valence-electron chi connectivity index (χ0n) is 10.9. The van der Waals surface area contributed by atoms with Crippen molar-refractivity contribution in [3.63, 3.8) is 0 Å². The highest BCUT2D eigenvalue weighted by Crippen LogP contribution is 2.33. The van der Waals surface area contributed by atoms with Crippen LogP contribution in [-0.2, 0) is 0 Å². The number of hydrogen-bond acceptors (Lipinski definition) is 3. The average Bonchev–Trinajstić information content (AvgIpc) is 2.26. The molecule has 0 aliphatic rings. The molecule has 0 heterocycles. The van der Waals surface area contributed by atoms with Crippen LogP contribution in [0.25, 0.3) is 0 Å². The predicted molar refractivity (Wildman–Crippen MR) is 69.4 cm³/mol. The lowest BCUT2D eigenvalue weighted by molar-refractivity contribution is 0.413. The zero-order chi connectivity index (χ0) is 12.3. The number of benzene rings is 1. The van der Waals surface area contributed by atoms with Crippen molar-refractivity contribution in [2.45, 2.75) is 26.8 Å². The molecule has 0 aliphatic carbocycles. The van der Waals surface area contributed by atoms with E-state index in [9.17, 15) is 0 Å². The van der Waals surface area contributed by atoms with Gasteiger partial charge >= 0.3 is 0 Å². The van der Waals surface area contributed by atoms with Crippen molar-refractivity contribution in [2.75, 3.05) is 25.6 Å². The Morgan fingerprint density at radius 1 is 1.38 bits per heavy atom. The first kappa shape index (κ1) is 12.8. The van der Waals surface area contributed by atoms with E-state index >= 15 is 0 Å². The summed E-state index contributed by atoms with van der Waals surface area (Å²) in [6.07, 6.45) is 0. The van der Waals surface area contributed by atoms with Crippen LogP contribution in [0.5, 0.6) is 5.75 Å². The van der Waals surface area contributed by atoms with Gasteiger partial charge in [0, 0.05) is 19.6 Å². The zero-order valence-corrected chi connectivity index (χ0v) is 10.9. The number of aryl methyl sites for hydroxylation is 2. The minimum absolute atomic E-state index is 0.301. The van der Waals surface area contributed by atoms with Gasteiger partial charge in [0.1, 0.15) is 5.75 Å². The molecule has 1 rings (SSSR count). The summed E-state index contributed by atoms with van der Waals surface area (Å²) in [5, 5.41) is 0. The summed E-state index contributed by atoms with van der Waals surface area (Å²) in [5.74, 6) is 0.917. The van der Waals surface area contributed by atoms with Gasteiger partial charge < -0.3 is 15.4 Å². The molecule has 0 spiro atoms. The molecule has 1 atom stereocenters. The van der Waals surface area contributed by atoms with E-state index < -0.39 is 0 Å². The second-order valence-electron chi connectivity index (χ2n) is 4.33. The smallest absolute Gasteiger partial charge is 0.142 e. The highest BCUT2D eigenvalue weighted by Gasteiger charge is 2.15. The Kier molecular flexibility index (Phi) is 4.19. The Labute approximate surface area is 98.2 Å². The van der Waals surface area contributed by atoms with Gasteiger partial charge in [0.05, 0.1) is 12.8 Å². The van der Waals surface area contributed by atoms with E-state index in [2.05, 4.69) is 44.9 Å². The number of anilines is 1. The molecule has 0 saturated carbocycles. The first-order valence-electron chi connectivity index (χ1n) is 5.59. The van der Waals surface area contributed by atoms with E-state index in [1.165, 1.54) is 11.1 Å². The van der Waals surface area contributed by atoms with Crippen LogP contribution < -0.4 is 15.4 Å². The van der Waals surface area contributed by atoms with Gasteiger partial charge in [-0.2, -0.15) is 0 Å². The molecule has 0 aromatic heterocycles. The van der Waals surface area contributed by atoms with Crippen molar-refractivity contribution in [1.82, 2.24) is 0 Å². The Bertz CT molecular complexity index is 363. The van der Waals surface area contributed by atoms with Gasteiger partial charge in [-0.3, -0.25) is 0 Å². The third kappa shape index (κ3) is 2.47. The molecule has 1 unspecified atom stereocenters. The third-order valence-corrected chi connectivity index (χ3v) is 2.98. The van der Waals surface area contributed by atoms with Gasteiger partial charge in [-0.15, -0.1) is 0 Å². The number of rotatable bonds is 4. The minimum Gasteiger partial charge on any atom is -0.495 e. The normalized spacial score (nSPS) is 12.4. The lowest BCUT2D eigenvalue weighted by atomic mass is 10.1. The van der Waals surface area contributed by atoms with Gasteiger partial charge in [-0.25, -0.2) is 0 Å². The second-order valence-corrected chi connectivity index (χ2v) is 4.33. The lowest BCUT2D eigenvalue weighted by Crippen LogP contribution is -2.35. The molecule has 2 N–H and O–H groups in total. The quantitative estimate of drug-likeness (QED) is 0.848. The Morgan fingerprint density at radius 3 is 2.50 bits per heavy atom. The molecule has 90 valence electrons. The molecule has 0 bridgehead atoms. The predicted octanol–water partition coefficient (Wildman–Crippen LogP) is 2.10. The molecule has 0 radical (unpaired) electrons. The number of nitrogens with two attached hydrogens (primary N) is 1. The van der Waals surface area contributed by atoms with E-state index in [4.69, 9.17) is 10.5 Å². The van der Waals surface area contributed by atoms with Gasteiger partial charge in [0.25, 0.3) is 0 Å². The summed E-state index contributed by atoms with van der Waals surface area (Å²) in [7, 11) is 3.76. The lowest BCUT2D eigenvalue weighted by Gasteiger charge is -2.29. The number of hydrogen-bond donors (Lipinski definition) is 1. The van der Waals surface area contributed by atoms with Crippen molar-refractivity contribution in [3.05, 3.63) is 23.3 Å². The number of likely N-dealkylation sites (N-methyl/N-ethyl adjacent to an activating group) is 1. The second kappa shape index (κ2) is 5.21. The van der Waals surface area contributed by atoms with Crippen molar-refractivity contribution in [3.8, 4) is 5.75 Å². The molecule has 16 heavy (non-hydrogen) atoms. The standard InChI is InChI=1S/C13H22N2O/c1-9-6-10(2)13(12(7-9)16-5)15(4)11(3)8-14/h6-7,11H,8,14H2,1-5H3. The maximum Gasteiger partial charge on any atom is 0.142 e. The Balaban J connectivity index is 3.20. The van der Waals surface area contributed by atoms with Crippen molar-refractivity contribution < 1.29 is 4.74 Å². The van der Waals surface area contributed by atoms with Crippen LogP contribution >= 0.6 is 0 Å². The van der Waals surface area contributed by atoms with Gasteiger partial charge in [0.15, 0.2) is 0 Å². The molecular weight excluding hydrogens is 200 g/mol. The monoisotopic (exact) mass is 222 g/mol. The van der Waals surface area contributed by atoms with Crippen LogP contribution in [0.15, 0.2) is 12.1 Å². The molecule has 0 amide bonds. The molecule has 3 heteroatoms. The Morgan fingerprint density at radius 2 is 2.00 bits per heavy atom. The van der Waals surface area contributed by atoms with Crippen LogP contribution in [0.4, 0.5) is 5.69 Å². The molecule has 1 aromatic rings. The maximum absolute atomic E-state index is 5.70.